The molecule has 0 aromatic heterocycles. The van der Waals surface area contributed by atoms with Crippen LogP contribution in [-0.2, 0) is 16.1 Å². The number of hydrogen-bond acceptors (Lipinski definition) is 3. The molecule has 4 nitrogen and oxygen atoms in total. The second-order valence-corrected chi connectivity index (χ2v) is 9.69. The Morgan fingerprint density at radius 1 is 1.03 bits per heavy atom. The Balaban J connectivity index is 2.14. The van der Waals surface area contributed by atoms with Crippen molar-refractivity contribution in [3.63, 3.8) is 0 Å². The Morgan fingerprint density at radius 2 is 1.65 bits per heavy atom. The van der Waals surface area contributed by atoms with Crippen molar-refractivity contribution in [2.24, 2.45) is 0 Å². The van der Waals surface area contributed by atoms with Gasteiger partial charge in [-0.2, -0.15) is 0 Å². The first-order valence-corrected chi connectivity index (χ1v) is 12.3. The van der Waals surface area contributed by atoms with Crippen LogP contribution in [0.15, 0.2) is 47.4 Å². The molecule has 31 heavy (non-hydrogen) atoms. The number of nitrogens with one attached hydrogen (secondary N) is 1. The van der Waals surface area contributed by atoms with Crippen LogP contribution in [0.1, 0.15) is 39.2 Å². The summed E-state index contributed by atoms with van der Waals surface area (Å²) in [4.78, 5) is 28.5. The van der Waals surface area contributed by atoms with Gasteiger partial charge in [-0.3, -0.25) is 9.59 Å². The first kappa shape index (κ1) is 25.9. The molecule has 0 saturated heterocycles. The molecule has 0 heterocycles. The zero-order chi connectivity index (χ0) is 23.0. The Bertz CT molecular complexity index is 873. The number of carbonyl (C=O) groups excluding carboxylic acids is 2. The van der Waals surface area contributed by atoms with Gasteiger partial charge in [0, 0.05) is 50.3 Å². The Kier molecular flexibility index (Phi) is 10.5. The topological polar surface area (TPSA) is 49.4 Å². The Labute approximate surface area is 203 Å². The monoisotopic (exact) mass is 500 g/mol. The molecule has 8 heteroatoms. The van der Waals surface area contributed by atoms with Crippen molar-refractivity contribution in [2.75, 3.05) is 5.75 Å². The minimum absolute atomic E-state index is 0.0243. The molecule has 0 aliphatic rings. The van der Waals surface area contributed by atoms with Crippen LogP contribution in [0.5, 0.6) is 0 Å². The van der Waals surface area contributed by atoms with Gasteiger partial charge in [-0.25, -0.2) is 0 Å². The Hall–Kier alpha value is -1.40. The van der Waals surface area contributed by atoms with Gasteiger partial charge in [0.2, 0.25) is 11.8 Å². The lowest BCUT2D eigenvalue weighted by molar-refractivity contribution is -0.140. The smallest absolute Gasteiger partial charge is 0.242 e. The molecule has 2 amide bonds. The quantitative estimate of drug-likeness (QED) is 0.380. The molecule has 2 unspecified atom stereocenters. The van der Waals surface area contributed by atoms with Crippen LogP contribution in [0, 0.1) is 0 Å². The molecule has 0 saturated carbocycles. The van der Waals surface area contributed by atoms with Crippen molar-refractivity contribution in [2.45, 2.75) is 57.1 Å². The van der Waals surface area contributed by atoms with E-state index in [2.05, 4.69) is 5.32 Å². The van der Waals surface area contributed by atoms with Gasteiger partial charge in [0.05, 0.1) is 0 Å². The number of benzene rings is 2. The van der Waals surface area contributed by atoms with E-state index in [9.17, 15) is 9.59 Å². The molecule has 0 bridgehead atoms. The van der Waals surface area contributed by atoms with Gasteiger partial charge in [-0.1, -0.05) is 47.8 Å². The molecule has 168 valence electrons. The van der Waals surface area contributed by atoms with Gasteiger partial charge in [-0.05, 0) is 56.7 Å². The highest BCUT2D eigenvalue weighted by Crippen LogP contribution is 2.27. The highest BCUT2D eigenvalue weighted by Gasteiger charge is 2.27. The zero-order valence-corrected chi connectivity index (χ0v) is 20.9. The van der Waals surface area contributed by atoms with Gasteiger partial charge in [0.25, 0.3) is 0 Å². The number of carbonyl (C=O) groups is 2. The molecule has 2 aromatic carbocycles. The molecule has 1 N–H and O–H groups in total. The summed E-state index contributed by atoms with van der Waals surface area (Å²) in [5.74, 6) is 0.243. The number of amides is 2. The second kappa shape index (κ2) is 12.6. The number of rotatable bonds is 10. The van der Waals surface area contributed by atoms with Crippen LogP contribution < -0.4 is 5.32 Å². The van der Waals surface area contributed by atoms with Crippen LogP contribution in [0.25, 0.3) is 0 Å². The van der Waals surface area contributed by atoms with E-state index < -0.39 is 6.04 Å². The van der Waals surface area contributed by atoms with Crippen molar-refractivity contribution in [1.29, 1.82) is 0 Å². The average molecular weight is 502 g/mol. The molecular weight excluding hydrogens is 475 g/mol. The van der Waals surface area contributed by atoms with Crippen molar-refractivity contribution in [1.82, 2.24) is 10.2 Å². The number of nitrogens with zero attached hydrogens (tertiary/aromatic N) is 1. The summed E-state index contributed by atoms with van der Waals surface area (Å²) in [7, 11) is 0. The van der Waals surface area contributed by atoms with Crippen molar-refractivity contribution >= 4 is 58.4 Å². The maximum Gasteiger partial charge on any atom is 0.242 e. The normalized spacial score (nSPS) is 12.8. The number of hydrogen-bond donors (Lipinski definition) is 1. The third kappa shape index (κ3) is 7.90. The molecule has 2 rings (SSSR count). The van der Waals surface area contributed by atoms with E-state index in [4.69, 9.17) is 34.8 Å². The molecule has 0 aliphatic carbocycles. The van der Waals surface area contributed by atoms with Gasteiger partial charge in [-0.15, -0.1) is 11.8 Å². The fourth-order valence-electron chi connectivity index (χ4n) is 2.83. The summed E-state index contributed by atoms with van der Waals surface area (Å²) in [6, 6.07) is 12.0. The fraction of sp³-hybridized carbons (Fsp3) is 0.391. The van der Waals surface area contributed by atoms with Crippen LogP contribution >= 0.6 is 46.6 Å². The molecule has 0 aliphatic heterocycles. The van der Waals surface area contributed by atoms with E-state index in [-0.39, 0.29) is 30.8 Å². The molecule has 2 atom stereocenters. The molecular formula is C23H27Cl3N2O2S. The van der Waals surface area contributed by atoms with Gasteiger partial charge < -0.3 is 10.2 Å². The second-order valence-electron chi connectivity index (χ2n) is 7.27. The van der Waals surface area contributed by atoms with E-state index >= 15 is 0 Å². The SMILES string of the molecule is CCC(C)NC(=O)C(C)N(Cc1c(Cl)cccc1Cl)C(=O)CCSc1ccc(Cl)cc1. The minimum atomic E-state index is -0.658. The van der Waals surface area contributed by atoms with E-state index in [1.807, 2.05) is 38.1 Å². The van der Waals surface area contributed by atoms with E-state index in [1.165, 1.54) is 0 Å². The van der Waals surface area contributed by atoms with Crippen molar-refractivity contribution < 1.29 is 9.59 Å². The molecule has 2 aromatic rings. The average Bonchev–Trinajstić information content (AvgIpc) is 2.74. The van der Waals surface area contributed by atoms with Gasteiger partial charge in [0.15, 0.2) is 0 Å². The van der Waals surface area contributed by atoms with Crippen LogP contribution in [-0.4, -0.2) is 34.6 Å². The van der Waals surface area contributed by atoms with E-state index in [1.54, 1.807) is 41.8 Å². The lowest BCUT2D eigenvalue weighted by Gasteiger charge is -2.30. The lowest BCUT2D eigenvalue weighted by Crippen LogP contribution is -2.49. The first-order chi connectivity index (χ1) is 14.7. The van der Waals surface area contributed by atoms with Crippen LogP contribution in [0.2, 0.25) is 15.1 Å². The summed E-state index contributed by atoms with van der Waals surface area (Å²) in [5.41, 5.74) is 0.632. The fourth-order valence-corrected chi connectivity index (χ4v) is 4.32. The number of thioether (sulfide) groups is 1. The summed E-state index contributed by atoms with van der Waals surface area (Å²) in [6.45, 7) is 5.82. The highest BCUT2D eigenvalue weighted by molar-refractivity contribution is 7.99. The summed E-state index contributed by atoms with van der Waals surface area (Å²) in [5, 5.41) is 4.56. The summed E-state index contributed by atoms with van der Waals surface area (Å²) in [6.07, 6.45) is 1.08. The predicted octanol–water partition coefficient (Wildman–Crippen LogP) is 6.46. The standard InChI is InChI=1S/C23H27Cl3N2O2S/c1-4-15(2)27-23(30)16(3)28(14-19-20(25)6-5-7-21(19)26)22(29)12-13-31-18-10-8-17(24)9-11-18/h5-11,15-16H,4,12-14H2,1-3H3,(H,27,30). The van der Waals surface area contributed by atoms with Gasteiger partial charge >= 0.3 is 0 Å². The summed E-state index contributed by atoms with van der Waals surface area (Å²) >= 11 is 20.1. The van der Waals surface area contributed by atoms with Crippen molar-refractivity contribution in [3.05, 3.63) is 63.1 Å². The Morgan fingerprint density at radius 3 is 2.23 bits per heavy atom. The highest BCUT2D eigenvalue weighted by atomic mass is 35.5. The van der Waals surface area contributed by atoms with E-state index in [0.717, 1.165) is 11.3 Å². The molecule has 0 fully saturated rings. The first-order valence-electron chi connectivity index (χ1n) is 10.1. The third-order valence-corrected chi connectivity index (χ3v) is 6.93. The van der Waals surface area contributed by atoms with E-state index in [0.29, 0.717) is 26.4 Å². The molecule has 0 radical (unpaired) electrons. The summed E-state index contributed by atoms with van der Waals surface area (Å²) < 4.78 is 0. The van der Waals surface area contributed by atoms with Gasteiger partial charge in [0.1, 0.15) is 6.04 Å². The van der Waals surface area contributed by atoms with Crippen molar-refractivity contribution in [3.8, 4) is 0 Å². The molecule has 0 spiro atoms. The van der Waals surface area contributed by atoms with Crippen LogP contribution in [0.3, 0.4) is 0 Å². The minimum Gasteiger partial charge on any atom is -0.352 e. The third-order valence-electron chi connectivity index (χ3n) is 4.96. The zero-order valence-electron chi connectivity index (χ0n) is 17.8. The number of halogens is 3. The largest absolute Gasteiger partial charge is 0.352 e. The maximum absolute atomic E-state index is 13.1. The van der Waals surface area contributed by atoms with Crippen LogP contribution in [0.4, 0.5) is 0 Å². The lowest BCUT2D eigenvalue weighted by atomic mass is 10.1. The predicted molar refractivity (Wildman–Crippen MR) is 131 cm³/mol. The maximum atomic E-state index is 13.1.